The quantitative estimate of drug-likeness (QED) is 0.760. The number of furan rings is 1. The summed E-state index contributed by atoms with van der Waals surface area (Å²) in [5.74, 6) is -0.788. The van der Waals surface area contributed by atoms with Gasteiger partial charge in [-0.25, -0.2) is 4.79 Å². The molecule has 0 spiro atoms. The van der Waals surface area contributed by atoms with Gasteiger partial charge in [0.1, 0.15) is 5.76 Å². The number of hydrogen-bond donors (Lipinski definition) is 2. The number of carboxylic acids is 1. The van der Waals surface area contributed by atoms with E-state index in [-0.39, 0.29) is 17.2 Å². The van der Waals surface area contributed by atoms with Gasteiger partial charge in [0.25, 0.3) is 5.91 Å². The minimum Gasteiger partial charge on any atom is -0.478 e. The SMILES string of the molecule is CNC(=O)c1oc(C=C(C)C(=O)O)cc1C. The third-order valence-corrected chi connectivity index (χ3v) is 2.07. The molecule has 5 heteroatoms. The predicted octanol–water partition coefficient (Wildman–Crippen LogP) is 1.44. The van der Waals surface area contributed by atoms with Gasteiger partial charge >= 0.3 is 5.97 Å². The zero-order chi connectivity index (χ0) is 12.3. The maximum absolute atomic E-state index is 11.3. The van der Waals surface area contributed by atoms with Crippen LogP contribution in [0, 0.1) is 6.92 Å². The molecule has 1 heterocycles. The molecule has 1 rings (SSSR count). The highest BCUT2D eigenvalue weighted by atomic mass is 16.4. The second kappa shape index (κ2) is 4.65. The standard InChI is InChI=1S/C11H13NO4/c1-6-4-8(5-7(2)11(14)15)16-9(6)10(13)12-3/h4-5H,1-3H3,(H,12,13)(H,14,15). The molecule has 0 radical (unpaired) electrons. The predicted molar refractivity (Wildman–Crippen MR) is 58.1 cm³/mol. The monoisotopic (exact) mass is 223 g/mol. The molecular weight excluding hydrogens is 210 g/mol. The number of carbonyl (C=O) groups excluding carboxylic acids is 1. The molecule has 0 saturated heterocycles. The first-order chi connectivity index (χ1) is 7.45. The molecule has 5 nitrogen and oxygen atoms in total. The zero-order valence-electron chi connectivity index (χ0n) is 9.33. The summed E-state index contributed by atoms with van der Waals surface area (Å²) >= 11 is 0. The molecular formula is C11H13NO4. The molecule has 0 aliphatic heterocycles. The van der Waals surface area contributed by atoms with Crippen LogP contribution < -0.4 is 5.32 Å². The van der Waals surface area contributed by atoms with E-state index < -0.39 is 5.97 Å². The largest absolute Gasteiger partial charge is 0.478 e. The second-order valence-corrected chi connectivity index (χ2v) is 3.37. The Morgan fingerprint density at radius 2 is 2.12 bits per heavy atom. The summed E-state index contributed by atoms with van der Waals surface area (Å²) in [6.07, 6.45) is 1.38. The van der Waals surface area contributed by atoms with E-state index in [0.29, 0.717) is 11.3 Å². The van der Waals surface area contributed by atoms with Crippen LogP contribution in [0.5, 0.6) is 0 Å². The van der Waals surface area contributed by atoms with Crippen molar-refractivity contribution in [1.82, 2.24) is 5.32 Å². The molecule has 0 aliphatic rings. The number of amides is 1. The summed E-state index contributed by atoms with van der Waals surface area (Å²) < 4.78 is 5.24. The number of rotatable bonds is 3. The molecule has 0 bridgehead atoms. The van der Waals surface area contributed by atoms with E-state index in [1.165, 1.54) is 20.0 Å². The highest BCUT2D eigenvalue weighted by Crippen LogP contribution is 2.17. The lowest BCUT2D eigenvalue weighted by Gasteiger charge is -1.95. The van der Waals surface area contributed by atoms with Crippen LogP contribution in [0.2, 0.25) is 0 Å². The maximum atomic E-state index is 11.3. The average Bonchev–Trinajstić information content (AvgIpc) is 2.58. The summed E-state index contributed by atoms with van der Waals surface area (Å²) in [7, 11) is 1.50. The third-order valence-electron chi connectivity index (χ3n) is 2.07. The normalized spacial score (nSPS) is 11.3. The van der Waals surface area contributed by atoms with Crippen LogP contribution in [-0.2, 0) is 4.79 Å². The molecule has 1 aromatic rings. The van der Waals surface area contributed by atoms with Crippen molar-refractivity contribution in [2.24, 2.45) is 0 Å². The Bertz CT molecular complexity index is 457. The summed E-state index contributed by atoms with van der Waals surface area (Å²) in [4.78, 5) is 21.9. The topological polar surface area (TPSA) is 79.5 Å². The lowest BCUT2D eigenvalue weighted by molar-refractivity contribution is -0.132. The first-order valence-electron chi connectivity index (χ1n) is 4.69. The summed E-state index contributed by atoms with van der Waals surface area (Å²) in [6.45, 7) is 3.18. The van der Waals surface area contributed by atoms with Gasteiger partial charge in [0.15, 0.2) is 5.76 Å². The molecule has 1 aromatic heterocycles. The molecule has 16 heavy (non-hydrogen) atoms. The Morgan fingerprint density at radius 1 is 1.50 bits per heavy atom. The summed E-state index contributed by atoms with van der Waals surface area (Å²) in [5.41, 5.74) is 0.820. The second-order valence-electron chi connectivity index (χ2n) is 3.37. The van der Waals surface area contributed by atoms with Gasteiger partial charge in [0.05, 0.1) is 0 Å². The molecule has 0 unspecified atom stereocenters. The molecule has 0 saturated carbocycles. The van der Waals surface area contributed by atoms with Crippen LogP contribution in [-0.4, -0.2) is 24.0 Å². The van der Waals surface area contributed by atoms with Crippen molar-refractivity contribution in [2.45, 2.75) is 13.8 Å². The van der Waals surface area contributed by atoms with Crippen molar-refractivity contribution in [3.63, 3.8) is 0 Å². The van der Waals surface area contributed by atoms with Gasteiger partial charge in [0, 0.05) is 18.2 Å². The minimum absolute atomic E-state index is 0.150. The van der Waals surface area contributed by atoms with Crippen LogP contribution in [0.4, 0.5) is 0 Å². The van der Waals surface area contributed by atoms with E-state index in [1.54, 1.807) is 13.0 Å². The zero-order valence-corrected chi connectivity index (χ0v) is 9.33. The van der Waals surface area contributed by atoms with Crippen molar-refractivity contribution < 1.29 is 19.1 Å². The minimum atomic E-state index is -1.02. The van der Waals surface area contributed by atoms with E-state index in [1.807, 2.05) is 0 Å². The van der Waals surface area contributed by atoms with Gasteiger partial charge < -0.3 is 14.8 Å². The fourth-order valence-corrected chi connectivity index (χ4v) is 1.19. The van der Waals surface area contributed by atoms with Crippen LogP contribution in [0.3, 0.4) is 0 Å². The Morgan fingerprint density at radius 3 is 2.62 bits per heavy atom. The Hall–Kier alpha value is -2.04. The van der Waals surface area contributed by atoms with Gasteiger partial charge in [0.2, 0.25) is 0 Å². The molecule has 0 aliphatic carbocycles. The van der Waals surface area contributed by atoms with E-state index in [4.69, 9.17) is 9.52 Å². The fourth-order valence-electron chi connectivity index (χ4n) is 1.19. The van der Waals surface area contributed by atoms with Crippen molar-refractivity contribution in [3.05, 3.63) is 28.7 Å². The Labute approximate surface area is 92.8 Å². The number of aliphatic carboxylic acids is 1. The van der Waals surface area contributed by atoms with E-state index >= 15 is 0 Å². The van der Waals surface area contributed by atoms with E-state index in [2.05, 4.69) is 5.32 Å². The van der Waals surface area contributed by atoms with Gasteiger partial charge in [-0.05, 0) is 26.0 Å². The highest BCUT2D eigenvalue weighted by Gasteiger charge is 2.13. The number of nitrogens with one attached hydrogen (secondary N) is 1. The van der Waals surface area contributed by atoms with Crippen molar-refractivity contribution in [1.29, 1.82) is 0 Å². The van der Waals surface area contributed by atoms with E-state index in [9.17, 15) is 9.59 Å². The van der Waals surface area contributed by atoms with Crippen molar-refractivity contribution in [3.8, 4) is 0 Å². The van der Waals surface area contributed by atoms with Crippen LogP contribution in [0.1, 0.15) is 28.8 Å². The number of aryl methyl sites for hydroxylation is 1. The molecule has 0 atom stereocenters. The average molecular weight is 223 g/mol. The van der Waals surface area contributed by atoms with Crippen LogP contribution >= 0.6 is 0 Å². The lowest BCUT2D eigenvalue weighted by atomic mass is 10.2. The Kier molecular flexibility index (Phi) is 3.50. The molecule has 1 amide bonds. The van der Waals surface area contributed by atoms with Crippen LogP contribution in [0.15, 0.2) is 16.1 Å². The summed E-state index contributed by atoms with van der Waals surface area (Å²) in [6, 6.07) is 1.62. The lowest BCUT2D eigenvalue weighted by Crippen LogP contribution is -2.17. The first-order valence-corrected chi connectivity index (χ1v) is 4.69. The van der Waals surface area contributed by atoms with Crippen molar-refractivity contribution in [2.75, 3.05) is 7.05 Å². The summed E-state index contributed by atoms with van der Waals surface area (Å²) in [5, 5.41) is 11.1. The molecule has 0 aromatic carbocycles. The number of carboxylic acid groups (broad SMARTS) is 1. The highest BCUT2D eigenvalue weighted by molar-refractivity contribution is 5.94. The third kappa shape index (κ3) is 2.50. The smallest absolute Gasteiger partial charge is 0.331 e. The van der Waals surface area contributed by atoms with Gasteiger partial charge in [-0.3, -0.25) is 4.79 Å². The van der Waals surface area contributed by atoms with Crippen LogP contribution in [0.25, 0.3) is 6.08 Å². The Balaban J connectivity index is 3.06. The number of carbonyl (C=O) groups is 2. The molecule has 0 fully saturated rings. The fraction of sp³-hybridized carbons (Fsp3) is 0.273. The van der Waals surface area contributed by atoms with Crippen molar-refractivity contribution >= 4 is 18.0 Å². The first kappa shape index (κ1) is 12.0. The number of hydrogen-bond acceptors (Lipinski definition) is 3. The maximum Gasteiger partial charge on any atom is 0.331 e. The van der Waals surface area contributed by atoms with Gasteiger partial charge in [-0.1, -0.05) is 0 Å². The van der Waals surface area contributed by atoms with Gasteiger partial charge in [-0.15, -0.1) is 0 Å². The molecule has 86 valence electrons. The van der Waals surface area contributed by atoms with E-state index in [0.717, 1.165) is 0 Å². The molecule has 2 N–H and O–H groups in total. The van der Waals surface area contributed by atoms with Gasteiger partial charge in [-0.2, -0.15) is 0 Å².